The number of amides is 3. The number of hydrogen-bond acceptors (Lipinski definition) is 6. The second-order valence-corrected chi connectivity index (χ2v) is 9.63. The predicted molar refractivity (Wildman–Crippen MR) is 124 cm³/mol. The van der Waals surface area contributed by atoms with Gasteiger partial charge in [-0.05, 0) is 43.2 Å². The molecule has 0 radical (unpaired) electrons. The van der Waals surface area contributed by atoms with Gasteiger partial charge < -0.3 is 25.6 Å². The molecule has 0 unspecified atom stereocenters. The molecule has 33 heavy (non-hydrogen) atoms. The van der Waals surface area contributed by atoms with Gasteiger partial charge in [-0.15, -0.1) is 11.3 Å². The van der Waals surface area contributed by atoms with Gasteiger partial charge in [0.15, 0.2) is 0 Å². The molecule has 1 aromatic carbocycles. The lowest BCUT2D eigenvalue weighted by molar-refractivity contribution is -0.125. The van der Waals surface area contributed by atoms with Crippen molar-refractivity contribution in [2.24, 2.45) is 0 Å². The zero-order chi connectivity index (χ0) is 23.4. The molecule has 3 amide bonds. The highest BCUT2D eigenvalue weighted by molar-refractivity contribution is 7.18. The van der Waals surface area contributed by atoms with E-state index >= 15 is 0 Å². The zero-order valence-corrected chi connectivity index (χ0v) is 19.3. The van der Waals surface area contributed by atoms with Gasteiger partial charge in [-0.2, -0.15) is 0 Å². The number of carbonyl (C=O) groups excluding carboxylic acids is 3. The summed E-state index contributed by atoms with van der Waals surface area (Å²) in [7, 11) is 0. The molecule has 11 heteroatoms. The highest BCUT2D eigenvalue weighted by Crippen LogP contribution is 2.24. The number of nitrogens with one attached hydrogen (secondary N) is 3. The Labute approximate surface area is 199 Å². The minimum atomic E-state index is -0.741. The van der Waals surface area contributed by atoms with E-state index in [1.165, 1.54) is 17.0 Å². The van der Waals surface area contributed by atoms with Crippen LogP contribution in [0.1, 0.15) is 28.9 Å². The Morgan fingerprint density at radius 2 is 2.09 bits per heavy atom. The van der Waals surface area contributed by atoms with E-state index in [9.17, 15) is 18.8 Å². The van der Waals surface area contributed by atoms with Crippen molar-refractivity contribution >= 4 is 52.0 Å². The second-order valence-electron chi connectivity index (χ2n) is 7.91. The molecule has 1 aliphatic heterocycles. The summed E-state index contributed by atoms with van der Waals surface area (Å²) in [5.74, 6) is -1.68. The summed E-state index contributed by atoms with van der Waals surface area (Å²) >= 11 is 7.04. The maximum Gasteiger partial charge on any atom is 0.261 e. The minimum Gasteiger partial charge on any atom is -0.370 e. The first-order valence-corrected chi connectivity index (χ1v) is 11.9. The summed E-state index contributed by atoms with van der Waals surface area (Å²) < 4.78 is 20.3. The molecular formula is C22H24ClFN4O4S. The maximum atomic E-state index is 14.7. The first-order valence-electron chi connectivity index (χ1n) is 10.7. The van der Waals surface area contributed by atoms with Crippen molar-refractivity contribution in [1.29, 1.82) is 0 Å². The lowest BCUT2D eigenvalue weighted by Crippen LogP contribution is -2.53. The summed E-state index contributed by atoms with van der Waals surface area (Å²) in [6.07, 6.45) is 2.95. The van der Waals surface area contributed by atoms with Gasteiger partial charge >= 0.3 is 0 Å². The van der Waals surface area contributed by atoms with Crippen LogP contribution in [-0.2, 0) is 14.3 Å². The van der Waals surface area contributed by atoms with Gasteiger partial charge in [0.05, 0.1) is 21.5 Å². The molecule has 2 fully saturated rings. The normalized spacial score (nSPS) is 17.4. The number of morpholine rings is 1. The first-order chi connectivity index (χ1) is 15.9. The molecule has 1 aromatic heterocycles. The number of halogens is 2. The van der Waals surface area contributed by atoms with Crippen molar-refractivity contribution in [2.75, 3.05) is 36.5 Å². The van der Waals surface area contributed by atoms with Crippen LogP contribution in [0, 0.1) is 5.82 Å². The fraction of sp³-hybridized carbons (Fsp3) is 0.409. The molecule has 0 spiro atoms. The smallest absolute Gasteiger partial charge is 0.261 e. The molecule has 2 aliphatic rings. The Morgan fingerprint density at radius 3 is 2.73 bits per heavy atom. The first kappa shape index (κ1) is 23.6. The van der Waals surface area contributed by atoms with Crippen molar-refractivity contribution in [3.8, 4) is 0 Å². The van der Waals surface area contributed by atoms with Crippen molar-refractivity contribution in [3.63, 3.8) is 0 Å². The molecule has 1 saturated carbocycles. The fourth-order valence-electron chi connectivity index (χ4n) is 3.59. The lowest BCUT2D eigenvalue weighted by atomic mass is 9.92. The van der Waals surface area contributed by atoms with Crippen molar-refractivity contribution < 1.29 is 23.5 Å². The number of benzene rings is 1. The number of thiophene rings is 1. The predicted octanol–water partition coefficient (Wildman–Crippen LogP) is 2.78. The number of hydrogen-bond donors (Lipinski definition) is 3. The van der Waals surface area contributed by atoms with Crippen molar-refractivity contribution in [2.45, 2.75) is 31.3 Å². The highest BCUT2D eigenvalue weighted by Gasteiger charge is 2.27. The van der Waals surface area contributed by atoms with E-state index in [4.69, 9.17) is 16.3 Å². The van der Waals surface area contributed by atoms with Crippen LogP contribution in [0.2, 0.25) is 4.34 Å². The van der Waals surface area contributed by atoms with E-state index in [1.54, 1.807) is 18.2 Å². The van der Waals surface area contributed by atoms with Crippen LogP contribution >= 0.6 is 22.9 Å². The summed E-state index contributed by atoms with van der Waals surface area (Å²) in [4.78, 5) is 39.2. The van der Waals surface area contributed by atoms with E-state index in [0.29, 0.717) is 28.1 Å². The molecule has 176 valence electrons. The SMILES string of the molecule is O=C(NC[C@@H](NC1CCC1)C(=O)Nc1ccc(N2CCOCC2=O)cc1F)c1ccc(Cl)s1. The number of rotatable bonds is 8. The van der Waals surface area contributed by atoms with Gasteiger partial charge in [-0.3, -0.25) is 14.4 Å². The quantitative estimate of drug-likeness (QED) is 0.524. The van der Waals surface area contributed by atoms with Gasteiger partial charge in [0.25, 0.3) is 11.8 Å². The Bertz CT molecular complexity index is 1050. The van der Waals surface area contributed by atoms with E-state index in [0.717, 1.165) is 30.6 Å². The Kier molecular flexibility index (Phi) is 7.59. The van der Waals surface area contributed by atoms with Crippen LogP contribution in [0.5, 0.6) is 0 Å². The molecule has 1 saturated heterocycles. The molecule has 0 bridgehead atoms. The van der Waals surface area contributed by atoms with Crippen LogP contribution in [0.4, 0.5) is 15.8 Å². The van der Waals surface area contributed by atoms with Crippen LogP contribution in [0.15, 0.2) is 30.3 Å². The van der Waals surface area contributed by atoms with Gasteiger partial charge in [-0.25, -0.2) is 4.39 Å². The Morgan fingerprint density at radius 1 is 1.27 bits per heavy atom. The van der Waals surface area contributed by atoms with Crippen LogP contribution in [-0.4, -0.2) is 56.1 Å². The second kappa shape index (κ2) is 10.6. The molecule has 4 rings (SSSR count). The average molecular weight is 495 g/mol. The molecule has 8 nitrogen and oxygen atoms in total. The van der Waals surface area contributed by atoms with E-state index in [-0.39, 0.29) is 36.7 Å². The third-order valence-corrected chi connectivity index (χ3v) is 6.86. The van der Waals surface area contributed by atoms with E-state index < -0.39 is 17.8 Å². The highest BCUT2D eigenvalue weighted by atomic mass is 35.5. The fourth-order valence-corrected chi connectivity index (χ4v) is 4.55. The van der Waals surface area contributed by atoms with Crippen LogP contribution in [0.25, 0.3) is 0 Å². The van der Waals surface area contributed by atoms with Gasteiger partial charge in [0.1, 0.15) is 18.5 Å². The summed E-state index contributed by atoms with van der Waals surface area (Å²) in [5, 5.41) is 8.58. The third kappa shape index (κ3) is 5.89. The number of carbonyl (C=O) groups is 3. The molecule has 2 heterocycles. The standard InChI is InChI=1S/C22H24ClFN4O4S/c23-19-7-6-18(33-19)22(31)25-11-17(26-13-2-1-3-13)21(30)27-16-5-4-14(10-15(16)24)28-8-9-32-12-20(28)29/h4-7,10,13,17,26H,1-3,8-9,11-12H2,(H,25,31)(H,27,30)/t17-/m1/s1. The summed E-state index contributed by atoms with van der Waals surface area (Å²) in [6.45, 7) is 0.715. The third-order valence-electron chi connectivity index (χ3n) is 5.63. The summed E-state index contributed by atoms with van der Waals surface area (Å²) in [6, 6.07) is 6.91. The van der Waals surface area contributed by atoms with Crippen LogP contribution < -0.4 is 20.9 Å². The van der Waals surface area contributed by atoms with Crippen molar-refractivity contribution in [1.82, 2.24) is 10.6 Å². The molecule has 2 aromatic rings. The van der Waals surface area contributed by atoms with Crippen molar-refractivity contribution in [3.05, 3.63) is 45.4 Å². The minimum absolute atomic E-state index is 0.00114. The zero-order valence-electron chi connectivity index (χ0n) is 17.7. The average Bonchev–Trinajstić information content (AvgIpc) is 3.20. The Balaban J connectivity index is 1.41. The van der Waals surface area contributed by atoms with E-state index in [1.807, 2.05) is 0 Å². The number of anilines is 2. The maximum absolute atomic E-state index is 14.7. The molecule has 1 aliphatic carbocycles. The largest absolute Gasteiger partial charge is 0.370 e. The lowest BCUT2D eigenvalue weighted by Gasteiger charge is -2.31. The molecule has 1 atom stereocenters. The molecular weight excluding hydrogens is 471 g/mol. The number of ether oxygens (including phenoxy) is 1. The van der Waals surface area contributed by atoms with E-state index in [2.05, 4.69) is 16.0 Å². The van der Waals surface area contributed by atoms with Crippen LogP contribution in [0.3, 0.4) is 0 Å². The van der Waals surface area contributed by atoms with Gasteiger partial charge in [0, 0.05) is 24.8 Å². The summed E-state index contributed by atoms with van der Waals surface area (Å²) in [5.41, 5.74) is 0.408. The molecule has 3 N–H and O–H groups in total. The topological polar surface area (TPSA) is 99.8 Å². The Hall–Kier alpha value is -2.53. The monoisotopic (exact) mass is 494 g/mol. The van der Waals surface area contributed by atoms with Gasteiger partial charge in [0.2, 0.25) is 5.91 Å². The number of nitrogens with zero attached hydrogens (tertiary/aromatic N) is 1. The van der Waals surface area contributed by atoms with Gasteiger partial charge in [-0.1, -0.05) is 18.0 Å².